The second-order valence-electron chi connectivity index (χ2n) is 6.65. The molecule has 0 saturated heterocycles. The van der Waals surface area contributed by atoms with E-state index in [2.05, 4.69) is 18.1 Å². The minimum Gasteiger partial charge on any atom is -0.327 e. The standard InChI is InChI=1S/C18H18N4OS/c1-11-17-19-16(12-6-7-12)20-22(17)9-8-21(11)18(23)14-10-24-15-5-3-2-4-13(14)15/h2-5,10-12H,6-9H2,1H3/t11-/m1/s1. The van der Waals surface area contributed by atoms with Gasteiger partial charge in [0.05, 0.1) is 18.2 Å². The van der Waals surface area contributed by atoms with Crippen LogP contribution in [0, 0.1) is 0 Å². The van der Waals surface area contributed by atoms with Crippen molar-refractivity contribution in [2.45, 2.75) is 38.3 Å². The van der Waals surface area contributed by atoms with Gasteiger partial charge in [0.25, 0.3) is 5.91 Å². The van der Waals surface area contributed by atoms with Gasteiger partial charge in [-0.3, -0.25) is 4.79 Å². The number of aromatic nitrogens is 3. The molecule has 5 rings (SSSR count). The van der Waals surface area contributed by atoms with E-state index < -0.39 is 0 Å². The molecule has 3 heterocycles. The lowest BCUT2D eigenvalue weighted by Crippen LogP contribution is -2.41. The lowest BCUT2D eigenvalue weighted by Gasteiger charge is -2.32. The molecule has 0 radical (unpaired) electrons. The van der Waals surface area contributed by atoms with Gasteiger partial charge in [-0.15, -0.1) is 11.3 Å². The molecule has 24 heavy (non-hydrogen) atoms. The molecule has 5 nitrogen and oxygen atoms in total. The van der Waals surface area contributed by atoms with Crippen molar-refractivity contribution in [2.75, 3.05) is 6.54 Å². The number of thiophene rings is 1. The molecule has 2 aromatic heterocycles. The topological polar surface area (TPSA) is 51.0 Å². The normalized spacial score (nSPS) is 20.4. The van der Waals surface area contributed by atoms with Gasteiger partial charge < -0.3 is 4.90 Å². The number of nitrogens with zero attached hydrogens (tertiary/aromatic N) is 4. The molecule has 1 aliphatic heterocycles. The second-order valence-corrected chi connectivity index (χ2v) is 7.56. The molecule has 2 aliphatic rings. The summed E-state index contributed by atoms with van der Waals surface area (Å²) < 4.78 is 3.15. The third-order valence-electron chi connectivity index (χ3n) is 5.03. The van der Waals surface area contributed by atoms with E-state index >= 15 is 0 Å². The number of rotatable bonds is 2. The van der Waals surface area contributed by atoms with Gasteiger partial charge in [-0.2, -0.15) is 5.10 Å². The van der Waals surface area contributed by atoms with E-state index in [1.807, 2.05) is 33.2 Å². The summed E-state index contributed by atoms with van der Waals surface area (Å²) in [6, 6.07) is 8.06. The molecule has 1 amide bonds. The summed E-state index contributed by atoms with van der Waals surface area (Å²) >= 11 is 1.63. The van der Waals surface area contributed by atoms with Crippen LogP contribution >= 0.6 is 11.3 Å². The Bertz CT molecular complexity index is 940. The van der Waals surface area contributed by atoms with Crippen LogP contribution in [0.4, 0.5) is 0 Å². The second kappa shape index (κ2) is 5.14. The van der Waals surface area contributed by atoms with Crippen LogP contribution < -0.4 is 0 Å². The highest BCUT2D eigenvalue weighted by molar-refractivity contribution is 7.17. The molecule has 0 spiro atoms. The summed E-state index contributed by atoms with van der Waals surface area (Å²) in [5.41, 5.74) is 0.804. The van der Waals surface area contributed by atoms with E-state index in [1.54, 1.807) is 11.3 Å². The zero-order chi connectivity index (χ0) is 16.3. The zero-order valence-electron chi connectivity index (χ0n) is 13.5. The van der Waals surface area contributed by atoms with Gasteiger partial charge in [0.15, 0.2) is 5.82 Å². The average molecular weight is 338 g/mol. The third kappa shape index (κ3) is 2.09. The molecule has 1 atom stereocenters. The predicted molar refractivity (Wildman–Crippen MR) is 93.3 cm³/mol. The van der Waals surface area contributed by atoms with Crippen molar-refractivity contribution in [3.05, 3.63) is 46.9 Å². The van der Waals surface area contributed by atoms with E-state index in [-0.39, 0.29) is 11.9 Å². The van der Waals surface area contributed by atoms with Crippen LogP contribution in [0.5, 0.6) is 0 Å². The van der Waals surface area contributed by atoms with Gasteiger partial charge in [0.1, 0.15) is 5.82 Å². The minimum atomic E-state index is -0.0371. The minimum absolute atomic E-state index is 0.0371. The molecule has 122 valence electrons. The maximum atomic E-state index is 13.1. The van der Waals surface area contributed by atoms with Gasteiger partial charge >= 0.3 is 0 Å². The maximum absolute atomic E-state index is 13.1. The van der Waals surface area contributed by atoms with Crippen LogP contribution in [0.3, 0.4) is 0 Å². The number of carbonyl (C=O) groups is 1. The van der Waals surface area contributed by atoms with Crippen molar-refractivity contribution in [1.82, 2.24) is 19.7 Å². The Morgan fingerprint density at radius 1 is 1.25 bits per heavy atom. The fourth-order valence-electron chi connectivity index (χ4n) is 3.47. The van der Waals surface area contributed by atoms with Crippen molar-refractivity contribution in [3.63, 3.8) is 0 Å². The SMILES string of the molecule is C[C@@H]1c2nc(C3CC3)nn2CCN1C(=O)c1csc2ccccc12. The van der Waals surface area contributed by atoms with Gasteiger partial charge in [-0.05, 0) is 25.8 Å². The first-order valence-electron chi connectivity index (χ1n) is 8.44. The fourth-order valence-corrected chi connectivity index (χ4v) is 4.41. The summed E-state index contributed by atoms with van der Waals surface area (Å²) in [6.07, 6.45) is 2.39. The highest BCUT2D eigenvalue weighted by Crippen LogP contribution is 2.39. The Kier molecular flexibility index (Phi) is 3.03. The molecule has 0 bridgehead atoms. The summed E-state index contributed by atoms with van der Waals surface area (Å²) in [5, 5.41) is 7.67. The van der Waals surface area contributed by atoms with Crippen molar-refractivity contribution >= 4 is 27.3 Å². The van der Waals surface area contributed by atoms with Crippen molar-refractivity contribution in [1.29, 1.82) is 0 Å². The Morgan fingerprint density at radius 2 is 2.08 bits per heavy atom. The van der Waals surface area contributed by atoms with Crippen molar-refractivity contribution < 1.29 is 4.79 Å². The van der Waals surface area contributed by atoms with Crippen LogP contribution in [0.2, 0.25) is 0 Å². The molecule has 1 aliphatic carbocycles. The smallest absolute Gasteiger partial charge is 0.256 e. The Morgan fingerprint density at radius 3 is 2.92 bits per heavy atom. The number of fused-ring (bicyclic) bond motifs is 2. The van der Waals surface area contributed by atoms with E-state index in [9.17, 15) is 4.79 Å². The quantitative estimate of drug-likeness (QED) is 0.717. The molecule has 1 fully saturated rings. The summed E-state index contributed by atoms with van der Waals surface area (Å²) in [4.78, 5) is 19.8. The number of hydrogen-bond acceptors (Lipinski definition) is 4. The summed E-state index contributed by atoms with van der Waals surface area (Å²) in [6.45, 7) is 3.47. The van der Waals surface area contributed by atoms with E-state index in [1.165, 1.54) is 12.8 Å². The van der Waals surface area contributed by atoms with Gasteiger partial charge in [-0.1, -0.05) is 18.2 Å². The molecule has 1 aromatic carbocycles. The van der Waals surface area contributed by atoms with Crippen molar-refractivity contribution in [2.24, 2.45) is 0 Å². The van der Waals surface area contributed by atoms with Gasteiger partial charge in [0, 0.05) is 27.9 Å². The van der Waals surface area contributed by atoms with Crippen LogP contribution in [0.1, 0.15) is 53.7 Å². The highest BCUT2D eigenvalue weighted by atomic mass is 32.1. The predicted octanol–water partition coefficient (Wildman–Crippen LogP) is 3.59. The summed E-state index contributed by atoms with van der Waals surface area (Å²) in [5.74, 6) is 2.53. The van der Waals surface area contributed by atoms with E-state index in [0.29, 0.717) is 12.5 Å². The average Bonchev–Trinajstić information content (AvgIpc) is 3.21. The van der Waals surface area contributed by atoms with Crippen LogP contribution in [-0.2, 0) is 6.54 Å². The van der Waals surface area contributed by atoms with Crippen LogP contribution in [0.25, 0.3) is 10.1 Å². The third-order valence-corrected chi connectivity index (χ3v) is 5.99. The highest BCUT2D eigenvalue weighted by Gasteiger charge is 2.35. The summed E-state index contributed by atoms with van der Waals surface area (Å²) in [7, 11) is 0. The van der Waals surface area contributed by atoms with Crippen LogP contribution in [-0.4, -0.2) is 32.1 Å². The van der Waals surface area contributed by atoms with Crippen LogP contribution in [0.15, 0.2) is 29.6 Å². The zero-order valence-corrected chi connectivity index (χ0v) is 14.3. The van der Waals surface area contributed by atoms with Gasteiger partial charge in [-0.25, -0.2) is 9.67 Å². The fraction of sp³-hybridized carbons (Fsp3) is 0.389. The number of carbonyl (C=O) groups excluding carboxylic acids is 1. The largest absolute Gasteiger partial charge is 0.327 e. The molecule has 3 aromatic rings. The molecule has 0 N–H and O–H groups in total. The number of amides is 1. The molecular formula is C18H18N4OS. The maximum Gasteiger partial charge on any atom is 0.256 e. The van der Waals surface area contributed by atoms with E-state index in [0.717, 1.165) is 33.8 Å². The number of benzene rings is 1. The Balaban J connectivity index is 1.49. The first-order chi connectivity index (χ1) is 11.7. The molecule has 1 saturated carbocycles. The van der Waals surface area contributed by atoms with Crippen molar-refractivity contribution in [3.8, 4) is 0 Å². The Labute approximate surface area is 143 Å². The number of hydrogen-bond donors (Lipinski definition) is 0. The first kappa shape index (κ1) is 14.2. The molecule has 0 unspecified atom stereocenters. The monoisotopic (exact) mass is 338 g/mol. The molecule has 6 heteroatoms. The van der Waals surface area contributed by atoms with E-state index in [4.69, 9.17) is 4.98 Å². The lowest BCUT2D eigenvalue weighted by molar-refractivity contribution is 0.0633. The first-order valence-corrected chi connectivity index (χ1v) is 9.32. The lowest BCUT2D eigenvalue weighted by atomic mass is 10.1. The van der Waals surface area contributed by atoms with Gasteiger partial charge in [0.2, 0.25) is 0 Å². The molecular weight excluding hydrogens is 320 g/mol. The Hall–Kier alpha value is -2.21.